The van der Waals surface area contributed by atoms with Crippen molar-refractivity contribution in [2.75, 3.05) is 13.1 Å². The van der Waals surface area contributed by atoms with Crippen LogP contribution in [-0.4, -0.2) is 50.8 Å². The zero-order valence-corrected chi connectivity index (χ0v) is 14.2. The Balaban J connectivity index is 2.02. The second kappa shape index (κ2) is 5.90. The molecule has 2 rings (SSSR count). The summed E-state index contributed by atoms with van der Waals surface area (Å²) in [6.07, 6.45) is -1.18. The van der Waals surface area contributed by atoms with Crippen LogP contribution >= 0.6 is 15.9 Å². The van der Waals surface area contributed by atoms with Gasteiger partial charge in [-0.15, -0.1) is 5.10 Å². The number of alkyl halides is 1. The van der Waals surface area contributed by atoms with Crippen molar-refractivity contribution in [3.05, 3.63) is 10.3 Å². The number of rotatable bonds is 1. The third-order valence-corrected chi connectivity index (χ3v) is 4.08. The maximum absolute atomic E-state index is 14.4. The lowest BCUT2D eigenvalue weighted by Gasteiger charge is -2.35. The molecule has 1 fully saturated rings. The van der Waals surface area contributed by atoms with Gasteiger partial charge in [0.05, 0.1) is 18.3 Å². The topological polar surface area (TPSA) is 60.2 Å². The number of nitrogens with zero attached hydrogens (tertiary/aromatic N) is 4. The van der Waals surface area contributed by atoms with Crippen LogP contribution in [-0.2, 0) is 4.74 Å². The minimum Gasteiger partial charge on any atom is -0.444 e. The number of aromatic nitrogens is 3. The molecule has 1 aromatic rings. The zero-order chi connectivity index (χ0) is 15.8. The molecule has 1 aromatic heterocycles. The molecule has 0 N–H and O–H groups in total. The molecule has 2 heterocycles. The fourth-order valence-electron chi connectivity index (χ4n) is 2.30. The van der Waals surface area contributed by atoms with E-state index >= 15 is 0 Å². The van der Waals surface area contributed by atoms with Crippen molar-refractivity contribution in [3.63, 3.8) is 0 Å². The summed E-state index contributed by atoms with van der Waals surface area (Å²) in [6, 6.07) is -0.400. The standard InChI is InChI=1S/C13H20BrFN4O2/c1-8-11(14)16-17-19(8)10-5-6-18(7-9(10)15)12(20)21-13(2,3)4/h9-10H,5-7H2,1-4H3/t9-,10?/m1/s1. The number of likely N-dealkylation sites (tertiary alicyclic amines) is 1. The van der Waals surface area contributed by atoms with Crippen LogP contribution in [0.1, 0.15) is 38.9 Å². The third kappa shape index (κ3) is 3.72. The minimum atomic E-state index is -1.20. The second-order valence-corrected chi connectivity index (χ2v) is 6.96. The Hall–Kier alpha value is -1.18. The van der Waals surface area contributed by atoms with Crippen LogP contribution in [0.15, 0.2) is 4.60 Å². The Morgan fingerprint density at radius 1 is 1.48 bits per heavy atom. The molecule has 1 aliphatic heterocycles. The number of hydrogen-bond acceptors (Lipinski definition) is 4. The maximum atomic E-state index is 14.4. The van der Waals surface area contributed by atoms with Gasteiger partial charge in [0.2, 0.25) is 0 Å². The van der Waals surface area contributed by atoms with Gasteiger partial charge in [-0.25, -0.2) is 13.9 Å². The minimum absolute atomic E-state index is 0.0104. The van der Waals surface area contributed by atoms with E-state index in [4.69, 9.17) is 4.74 Å². The highest BCUT2D eigenvalue weighted by molar-refractivity contribution is 9.10. The number of hydrogen-bond donors (Lipinski definition) is 0. The molecule has 0 aliphatic carbocycles. The monoisotopic (exact) mass is 362 g/mol. The first kappa shape index (κ1) is 16.2. The van der Waals surface area contributed by atoms with Crippen molar-refractivity contribution in [2.24, 2.45) is 0 Å². The first-order chi connectivity index (χ1) is 9.69. The predicted octanol–water partition coefficient (Wildman–Crippen LogP) is 2.87. The molecule has 1 amide bonds. The Morgan fingerprint density at radius 2 is 2.14 bits per heavy atom. The van der Waals surface area contributed by atoms with E-state index in [1.165, 1.54) is 4.90 Å². The van der Waals surface area contributed by atoms with E-state index in [0.29, 0.717) is 17.6 Å². The van der Waals surface area contributed by atoms with Crippen LogP contribution < -0.4 is 0 Å². The summed E-state index contributed by atoms with van der Waals surface area (Å²) in [5.74, 6) is 0. The number of carbonyl (C=O) groups is 1. The van der Waals surface area contributed by atoms with E-state index in [2.05, 4.69) is 26.2 Å². The van der Waals surface area contributed by atoms with Gasteiger partial charge in [-0.3, -0.25) is 0 Å². The molecular weight excluding hydrogens is 343 g/mol. The first-order valence-corrected chi connectivity index (χ1v) is 7.67. The van der Waals surface area contributed by atoms with E-state index in [-0.39, 0.29) is 6.54 Å². The van der Waals surface area contributed by atoms with Crippen molar-refractivity contribution in [1.82, 2.24) is 19.9 Å². The molecule has 0 bridgehead atoms. The van der Waals surface area contributed by atoms with Gasteiger partial charge in [-0.05, 0) is 50.0 Å². The Labute approximate surface area is 131 Å². The molecule has 2 atom stereocenters. The van der Waals surface area contributed by atoms with Crippen molar-refractivity contribution in [1.29, 1.82) is 0 Å². The van der Waals surface area contributed by atoms with Crippen LogP contribution in [0, 0.1) is 6.92 Å². The summed E-state index contributed by atoms with van der Waals surface area (Å²) in [5, 5.41) is 7.85. The molecule has 0 radical (unpaired) electrons. The van der Waals surface area contributed by atoms with Crippen molar-refractivity contribution in [2.45, 2.75) is 51.9 Å². The third-order valence-electron chi connectivity index (χ3n) is 3.34. The molecule has 0 spiro atoms. The second-order valence-electron chi connectivity index (χ2n) is 6.21. The number of halogens is 2. The molecule has 1 unspecified atom stereocenters. The number of amides is 1. The summed E-state index contributed by atoms with van der Waals surface area (Å²) >= 11 is 3.27. The lowest BCUT2D eigenvalue weighted by Crippen LogP contribution is -2.47. The predicted molar refractivity (Wildman–Crippen MR) is 78.8 cm³/mol. The fourth-order valence-corrected chi connectivity index (χ4v) is 2.55. The van der Waals surface area contributed by atoms with Gasteiger partial charge < -0.3 is 9.64 Å². The van der Waals surface area contributed by atoms with Crippen LogP contribution in [0.3, 0.4) is 0 Å². The van der Waals surface area contributed by atoms with Gasteiger partial charge >= 0.3 is 6.09 Å². The van der Waals surface area contributed by atoms with Gasteiger partial charge in [-0.2, -0.15) is 0 Å². The average Bonchev–Trinajstić information content (AvgIpc) is 2.68. The Kier molecular flexibility index (Phi) is 4.55. The van der Waals surface area contributed by atoms with E-state index < -0.39 is 23.9 Å². The Bertz CT molecular complexity index is 529. The molecule has 8 heteroatoms. The number of piperidine rings is 1. The summed E-state index contributed by atoms with van der Waals surface area (Å²) in [6.45, 7) is 7.66. The zero-order valence-electron chi connectivity index (χ0n) is 12.6. The number of carbonyl (C=O) groups excluding carboxylic acids is 1. The largest absolute Gasteiger partial charge is 0.444 e. The van der Waals surface area contributed by atoms with E-state index in [1.807, 2.05) is 6.92 Å². The Morgan fingerprint density at radius 3 is 2.62 bits per heavy atom. The lowest BCUT2D eigenvalue weighted by atomic mass is 10.0. The van der Waals surface area contributed by atoms with Gasteiger partial charge in [0, 0.05) is 6.54 Å². The summed E-state index contributed by atoms with van der Waals surface area (Å²) in [7, 11) is 0. The van der Waals surface area contributed by atoms with Gasteiger partial charge in [0.15, 0.2) is 4.60 Å². The molecular formula is C13H20BrFN4O2. The van der Waals surface area contributed by atoms with Crippen molar-refractivity contribution in [3.8, 4) is 0 Å². The summed E-state index contributed by atoms with van der Waals surface area (Å²) in [5.41, 5.74) is 0.209. The van der Waals surface area contributed by atoms with Gasteiger partial charge in [-0.1, -0.05) is 5.21 Å². The van der Waals surface area contributed by atoms with E-state index in [9.17, 15) is 9.18 Å². The first-order valence-electron chi connectivity index (χ1n) is 6.88. The molecule has 1 saturated heterocycles. The summed E-state index contributed by atoms with van der Waals surface area (Å²) in [4.78, 5) is 13.4. The molecule has 21 heavy (non-hydrogen) atoms. The van der Waals surface area contributed by atoms with Crippen LogP contribution in [0.5, 0.6) is 0 Å². The van der Waals surface area contributed by atoms with Crippen LogP contribution in [0.4, 0.5) is 9.18 Å². The fraction of sp³-hybridized carbons (Fsp3) is 0.769. The summed E-state index contributed by atoms with van der Waals surface area (Å²) < 4.78 is 21.9. The van der Waals surface area contributed by atoms with Crippen LogP contribution in [0.25, 0.3) is 0 Å². The highest BCUT2D eigenvalue weighted by Gasteiger charge is 2.35. The number of ether oxygens (including phenoxy) is 1. The van der Waals surface area contributed by atoms with Crippen molar-refractivity contribution < 1.29 is 13.9 Å². The highest BCUT2D eigenvalue weighted by atomic mass is 79.9. The quantitative estimate of drug-likeness (QED) is 0.770. The van der Waals surface area contributed by atoms with Gasteiger partial charge in [0.25, 0.3) is 0 Å². The SMILES string of the molecule is Cc1c(Br)nnn1C1CCN(C(=O)OC(C)(C)C)C[C@H]1F. The highest BCUT2D eigenvalue weighted by Crippen LogP contribution is 2.28. The molecule has 118 valence electrons. The van der Waals surface area contributed by atoms with Crippen LogP contribution in [0.2, 0.25) is 0 Å². The molecule has 1 aliphatic rings. The van der Waals surface area contributed by atoms with E-state index in [0.717, 1.165) is 5.69 Å². The normalized spacial score (nSPS) is 23.2. The van der Waals surface area contributed by atoms with Crippen molar-refractivity contribution >= 4 is 22.0 Å². The van der Waals surface area contributed by atoms with Gasteiger partial charge in [0.1, 0.15) is 11.8 Å². The average molecular weight is 363 g/mol. The molecule has 6 nitrogen and oxygen atoms in total. The van der Waals surface area contributed by atoms with E-state index in [1.54, 1.807) is 25.5 Å². The molecule has 0 saturated carbocycles. The maximum Gasteiger partial charge on any atom is 0.410 e. The smallest absolute Gasteiger partial charge is 0.410 e. The lowest BCUT2D eigenvalue weighted by molar-refractivity contribution is 0.00546. The molecule has 0 aromatic carbocycles.